The summed E-state index contributed by atoms with van der Waals surface area (Å²) in [5.74, 6) is -1.05. The second-order valence-electron chi connectivity index (χ2n) is 5.30. The second kappa shape index (κ2) is 5.81. The Morgan fingerprint density at radius 3 is 2.81 bits per heavy atom. The van der Waals surface area contributed by atoms with Crippen LogP contribution in [-0.2, 0) is 16.0 Å². The van der Waals surface area contributed by atoms with Crippen LogP contribution in [0.15, 0.2) is 24.3 Å². The van der Waals surface area contributed by atoms with Gasteiger partial charge in [0.05, 0.1) is 15.2 Å². The van der Waals surface area contributed by atoms with E-state index in [0.717, 1.165) is 28.1 Å². The maximum atomic E-state index is 11.9. The minimum atomic E-state index is -0.939. The van der Waals surface area contributed by atoms with E-state index in [-0.39, 0.29) is 18.2 Å². The Bertz CT molecular complexity index is 645. The summed E-state index contributed by atoms with van der Waals surface area (Å²) in [4.78, 5) is 27.4. The van der Waals surface area contributed by atoms with Crippen molar-refractivity contribution in [1.82, 2.24) is 10.3 Å². The van der Waals surface area contributed by atoms with Crippen LogP contribution in [0.5, 0.6) is 0 Å². The number of para-hydroxylation sites is 1. The molecule has 2 aromatic rings. The van der Waals surface area contributed by atoms with Crippen LogP contribution in [-0.4, -0.2) is 28.0 Å². The van der Waals surface area contributed by atoms with E-state index in [2.05, 4.69) is 10.3 Å². The first-order valence-electron chi connectivity index (χ1n) is 7.00. The number of rotatable bonds is 6. The molecule has 1 aliphatic carbocycles. The highest BCUT2D eigenvalue weighted by Gasteiger charge is 2.37. The topological polar surface area (TPSA) is 79.3 Å². The van der Waals surface area contributed by atoms with Crippen molar-refractivity contribution in [2.45, 2.75) is 31.7 Å². The molecule has 1 atom stereocenters. The normalized spacial score (nSPS) is 15.8. The number of aryl methyl sites for hydroxylation is 1. The van der Waals surface area contributed by atoms with Crippen LogP contribution in [0.1, 0.15) is 24.3 Å². The Hall–Kier alpha value is -1.95. The van der Waals surface area contributed by atoms with E-state index in [0.29, 0.717) is 6.42 Å². The molecule has 1 saturated carbocycles. The zero-order valence-electron chi connectivity index (χ0n) is 11.4. The van der Waals surface area contributed by atoms with Crippen molar-refractivity contribution < 1.29 is 14.7 Å². The van der Waals surface area contributed by atoms with Gasteiger partial charge in [0.1, 0.15) is 6.04 Å². The standard InChI is InChI=1S/C15H16N2O3S/c18-12(17-14(15(19)20)9-5-6-9)7-8-13-16-10-3-1-2-4-11(10)21-13/h1-4,9,14H,5-8H2,(H,17,18)(H,19,20). The molecule has 0 bridgehead atoms. The molecule has 21 heavy (non-hydrogen) atoms. The molecule has 110 valence electrons. The van der Waals surface area contributed by atoms with Crippen molar-refractivity contribution in [2.75, 3.05) is 0 Å². The molecular formula is C15H16N2O3S. The van der Waals surface area contributed by atoms with E-state index in [9.17, 15) is 9.59 Å². The molecule has 0 saturated heterocycles. The molecular weight excluding hydrogens is 288 g/mol. The average Bonchev–Trinajstić information content (AvgIpc) is 3.20. The molecule has 0 spiro atoms. The molecule has 2 N–H and O–H groups in total. The van der Waals surface area contributed by atoms with E-state index in [1.165, 1.54) is 0 Å². The third-order valence-corrected chi connectivity index (χ3v) is 4.68. The second-order valence-corrected chi connectivity index (χ2v) is 6.41. The Labute approximate surface area is 126 Å². The van der Waals surface area contributed by atoms with E-state index in [4.69, 9.17) is 5.11 Å². The van der Waals surface area contributed by atoms with Crippen molar-refractivity contribution in [3.05, 3.63) is 29.3 Å². The van der Waals surface area contributed by atoms with Gasteiger partial charge in [0.25, 0.3) is 0 Å². The van der Waals surface area contributed by atoms with Gasteiger partial charge in [0.2, 0.25) is 5.91 Å². The van der Waals surface area contributed by atoms with Crippen LogP contribution < -0.4 is 5.32 Å². The maximum Gasteiger partial charge on any atom is 0.326 e. The number of aromatic nitrogens is 1. The van der Waals surface area contributed by atoms with E-state index < -0.39 is 12.0 Å². The number of benzene rings is 1. The Kier molecular flexibility index (Phi) is 3.88. The summed E-state index contributed by atoms with van der Waals surface area (Å²) >= 11 is 1.58. The number of carbonyl (C=O) groups is 2. The Morgan fingerprint density at radius 1 is 1.38 bits per heavy atom. The van der Waals surface area contributed by atoms with E-state index in [1.807, 2.05) is 24.3 Å². The van der Waals surface area contributed by atoms with Crippen molar-refractivity contribution in [3.63, 3.8) is 0 Å². The monoisotopic (exact) mass is 304 g/mol. The fraction of sp³-hybridized carbons (Fsp3) is 0.400. The maximum absolute atomic E-state index is 11.9. The highest BCUT2D eigenvalue weighted by atomic mass is 32.1. The summed E-state index contributed by atoms with van der Waals surface area (Å²) in [5.41, 5.74) is 0.944. The summed E-state index contributed by atoms with van der Waals surface area (Å²) in [6, 6.07) is 7.12. The zero-order chi connectivity index (χ0) is 14.8. The number of carbonyl (C=O) groups excluding carboxylic acids is 1. The molecule has 1 amide bonds. The summed E-state index contributed by atoms with van der Waals surface area (Å²) in [6.45, 7) is 0. The summed E-state index contributed by atoms with van der Waals surface area (Å²) in [5, 5.41) is 12.6. The van der Waals surface area contributed by atoms with Gasteiger partial charge >= 0.3 is 5.97 Å². The quantitative estimate of drug-likeness (QED) is 0.857. The van der Waals surface area contributed by atoms with E-state index >= 15 is 0 Å². The predicted octanol–water partition coefficient (Wildman–Crippen LogP) is 2.21. The molecule has 1 aromatic carbocycles. The number of nitrogens with one attached hydrogen (secondary N) is 1. The van der Waals surface area contributed by atoms with Crippen LogP contribution in [0.2, 0.25) is 0 Å². The van der Waals surface area contributed by atoms with Crippen molar-refractivity contribution in [1.29, 1.82) is 0 Å². The Balaban J connectivity index is 1.56. The fourth-order valence-corrected chi connectivity index (χ4v) is 3.27. The minimum absolute atomic E-state index is 0.105. The predicted molar refractivity (Wildman–Crippen MR) is 80.2 cm³/mol. The number of thiazole rings is 1. The number of amides is 1. The van der Waals surface area contributed by atoms with Crippen LogP contribution in [0.25, 0.3) is 10.2 Å². The van der Waals surface area contributed by atoms with Crippen LogP contribution in [0, 0.1) is 5.92 Å². The van der Waals surface area contributed by atoms with E-state index in [1.54, 1.807) is 11.3 Å². The van der Waals surface area contributed by atoms with Gasteiger partial charge in [-0.15, -0.1) is 11.3 Å². The van der Waals surface area contributed by atoms with Crippen LogP contribution in [0.3, 0.4) is 0 Å². The fourth-order valence-electron chi connectivity index (χ4n) is 2.30. The number of nitrogens with zero attached hydrogens (tertiary/aromatic N) is 1. The highest BCUT2D eigenvalue weighted by Crippen LogP contribution is 2.32. The first-order valence-corrected chi connectivity index (χ1v) is 7.82. The van der Waals surface area contributed by atoms with Gasteiger partial charge in [-0.3, -0.25) is 4.79 Å². The molecule has 1 fully saturated rings. The first-order chi connectivity index (χ1) is 10.1. The van der Waals surface area contributed by atoms with Crippen molar-refractivity contribution in [2.24, 2.45) is 5.92 Å². The molecule has 3 rings (SSSR count). The number of aliphatic carboxylic acids is 1. The van der Waals surface area contributed by atoms with Crippen molar-refractivity contribution >= 4 is 33.4 Å². The number of fused-ring (bicyclic) bond motifs is 1. The number of hydrogen-bond acceptors (Lipinski definition) is 4. The van der Waals surface area contributed by atoms with Gasteiger partial charge in [-0.05, 0) is 30.9 Å². The summed E-state index contributed by atoms with van der Waals surface area (Å²) < 4.78 is 1.11. The smallest absolute Gasteiger partial charge is 0.326 e. The van der Waals surface area contributed by atoms with Crippen LogP contribution in [0.4, 0.5) is 0 Å². The molecule has 1 aromatic heterocycles. The summed E-state index contributed by atoms with van der Waals surface area (Å²) in [7, 11) is 0. The van der Waals surface area contributed by atoms with Crippen LogP contribution >= 0.6 is 11.3 Å². The number of hydrogen-bond donors (Lipinski definition) is 2. The molecule has 1 aliphatic rings. The largest absolute Gasteiger partial charge is 0.480 e. The van der Waals surface area contributed by atoms with Gasteiger partial charge < -0.3 is 10.4 Å². The first kappa shape index (κ1) is 14.0. The average molecular weight is 304 g/mol. The van der Waals surface area contributed by atoms with Gasteiger partial charge in [-0.25, -0.2) is 9.78 Å². The molecule has 1 heterocycles. The van der Waals surface area contributed by atoms with Crippen molar-refractivity contribution in [3.8, 4) is 0 Å². The molecule has 6 heteroatoms. The number of carboxylic acids is 1. The lowest BCUT2D eigenvalue weighted by atomic mass is 10.2. The molecule has 5 nitrogen and oxygen atoms in total. The third-order valence-electron chi connectivity index (χ3n) is 3.58. The van der Waals surface area contributed by atoms with Gasteiger partial charge in [0.15, 0.2) is 0 Å². The molecule has 1 unspecified atom stereocenters. The van der Waals surface area contributed by atoms with Gasteiger partial charge in [-0.2, -0.15) is 0 Å². The Morgan fingerprint density at radius 2 is 2.14 bits per heavy atom. The lowest BCUT2D eigenvalue weighted by Gasteiger charge is -2.12. The molecule has 0 radical (unpaired) electrons. The zero-order valence-corrected chi connectivity index (χ0v) is 12.2. The highest BCUT2D eigenvalue weighted by molar-refractivity contribution is 7.18. The van der Waals surface area contributed by atoms with Gasteiger partial charge in [-0.1, -0.05) is 12.1 Å². The van der Waals surface area contributed by atoms with Gasteiger partial charge in [0, 0.05) is 12.8 Å². The third kappa shape index (κ3) is 3.39. The molecule has 0 aliphatic heterocycles. The summed E-state index contributed by atoms with van der Waals surface area (Å²) in [6.07, 6.45) is 2.59. The SMILES string of the molecule is O=C(CCc1nc2ccccc2s1)NC(C(=O)O)C1CC1. The number of carboxylic acid groups (broad SMARTS) is 1. The minimum Gasteiger partial charge on any atom is -0.480 e. The lowest BCUT2D eigenvalue weighted by Crippen LogP contribution is -2.42. The lowest BCUT2D eigenvalue weighted by molar-refractivity contribution is -0.142.